The molecule has 0 aromatic heterocycles. The standard InChI is InChI=1S/C13H29N3O/c1-7-16(10-8-9-15(5)6)12(17)11(14)13(2,3)4/h11H,7-10,14H2,1-6H3/t11-/m1/s1. The zero-order valence-corrected chi connectivity index (χ0v) is 12.3. The van der Waals surface area contributed by atoms with Crippen LogP contribution in [0.25, 0.3) is 0 Å². The number of hydrogen-bond donors (Lipinski definition) is 1. The summed E-state index contributed by atoms with van der Waals surface area (Å²) >= 11 is 0. The molecule has 0 aliphatic heterocycles. The van der Waals surface area contributed by atoms with E-state index in [4.69, 9.17) is 5.73 Å². The molecule has 0 aromatic carbocycles. The van der Waals surface area contributed by atoms with Crippen LogP contribution in [0.15, 0.2) is 0 Å². The van der Waals surface area contributed by atoms with Crippen LogP contribution in [0, 0.1) is 5.41 Å². The van der Waals surface area contributed by atoms with Crippen LogP contribution in [0.3, 0.4) is 0 Å². The van der Waals surface area contributed by atoms with E-state index in [1.54, 1.807) is 0 Å². The molecule has 4 nitrogen and oxygen atoms in total. The summed E-state index contributed by atoms with van der Waals surface area (Å²) < 4.78 is 0. The molecular weight excluding hydrogens is 214 g/mol. The number of nitrogens with zero attached hydrogens (tertiary/aromatic N) is 2. The Labute approximate surface area is 106 Å². The number of rotatable bonds is 6. The molecule has 1 atom stereocenters. The lowest BCUT2D eigenvalue weighted by molar-refractivity contribution is -0.134. The second-order valence-electron chi connectivity index (χ2n) is 5.92. The van der Waals surface area contributed by atoms with Gasteiger partial charge in [-0.2, -0.15) is 0 Å². The van der Waals surface area contributed by atoms with Crippen molar-refractivity contribution >= 4 is 5.91 Å². The molecule has 0 aliphatic rings. The Balaban J connectivity index is 4.31. The first-order valence-electron chi connectivity index (χ1n) is 6.39. The van der Waals surface area contributed by atoms with Crippen molar-refractivity contribution in [2.24, 2.45) is 11.1 Å². The highest BCUT2D eigenvalue weighted by Gasteiger charge is 2.30. The van der Waals surface area contributed by atoms with Gasteiger partial charge in [0.1, 0.15) is 0 Å². The number of carbonyl (C=O) groups excluding carboxylic acids is 1. The normalized spacial score (nSPS) is 13.9. The Morgan fingerprint density at radius 3 is 2.12 bits per heavy atom. The number of hydrogen-bond acceptors (Lipinski definition) is 3. The first-order chi connectivity index (χ1) is 7.70. The molecule has 0 heterocycles. The molecule has 17 heavy (non-hydrogen) atoms. The second kappa shape index (κ2) is 6.97. The van der Waals surface area contributed by atoms with Crippen molar-refractivity contribution in [1.82, 2.24) is 9.80 Å². The topological polar surface area (TPSA) is 49.6 Å². The van der Waals surface area contributed by atoms with Crippen LogP contribution in [0.5, 0.6) is 0 Å². The molecule has 0 fully saturated rings. The maximum Gasteiger partial charge on any atom is 0.240 e. The van der Waals surface area contributed by atoms with E-state index in [1.807, 2.05) is 46.7 Å². The highest BCUT2D eigenvalue weighted by atomic mass is 16.2. The SMILES string of the molecule is CCN(CCCN(C)C)C(=O)[C@@H](N)C(C)(C)C. The average molecular weight is 243 g/mol. The van der Waals surface area contributed by atoms with E-state index in [9.17, 15) is 4.79 Å². The highest BCUT2D eigenvalue weighted by molar-refractivity contribution is 5.82. The largest absolute Gasteiger partial charge is 0.342 e. The van der Waals surface area contributed by atoms with Crippen molar-refractivity contribution in [3.8, 4) is 0 Å². The summed E-state index contributed by atoms with van der Waals surface area (Å²) in [6.45, 7) is 10.5. The molecule has 0 radical (unpaired) electrons. The van der Waals surface area contributed by atoms with Gasteiger partial charge in [0.2, 0.25) is 5.91 Å². The quantitative estimate of drug-likeness (QED) is 0.761. The average Bonchev–Trinajstić information content (AvgIpc) is 2.20. The van der Waals surface area contributed by atoms with Gasteiger partial charge in [0.05, 0.1) is 6.04 Å². The summed E-state index contributed by atoms with van der Waals surface area (Å²) in [4.78, 5) is 16.2. The van der Waals surface area contributed by atoms with Crippen LogP contribution < -0.4 is 5.73 Å². The van der Waals surface area contributed by atoms with E-state index in [0.717, 1.165) is 26.1 Å². The van der Waals surface area contributed by atoms with Crippen LogP contribution in [0.4, 0.5) is 0 Å². The highest BCUT2D eigenvalue weighted by Crippen LogP contribution is 2.19. The van der Waals surface area contributed by atoms with Gasteiger partial charge in [-0.25, -0.2) is 0 Å². The van der Waals surface area contributed by atoms with Crippen molar-refractivity contribution in [3.63, 3.8) is 0 Å². The second-order valence-corrected chi connectivity index (χ2v) is 5.92. The Bertz CT molecular complexity index is 233. The van der Waals surface area contributed by atoms with Gasteiger partial charge in [-0.05, 0) is 39.4 Å². The van der Waals surface area contributed by atoms with E-state index in [1.165, 1.54) is 0 Å². The van der Waals surface area contributed by atoms with Gasteiger partial charge in [0.25, 0.3) is 0 Å². The van der Waals surface area contributed by atoms with Crippen LogP contribution >= 0.6 is 0 Å². The summed E-state index contributed by atoms with van der Waals surface area (Å²) in [6.07, 6.45) is 0.990. The molecule has 4 heteroatoms. The van der Waals surface area contributed by atoms with E-state index >= 15 is 0 Å². The molecule has 0 spiro atoms. The Kier molecular flexibility index (Phi) is 6.72. The maximum atomic E-state index is 12.2. The molecular formula is C13H29N3O. The van der Waals surface area contributed by atoms with Crippen LogP contribution in [0.2, 0.25) is 0 Å². The predicted molar refractivity (Wildman–Crippen MR) is 72.9 cm³/mol. The predicted octanol–water partition coefficient (Wildman–Crippen LogP) is 1.16. The third-order valence-electron chi connectivity index (χ3n) is 2.93. The van der Waals surface area contributed by atoms with Crippen molar-refractivity contribution in [3.05, 3.63) is 0 Å². The Morgan fingerprint density at radius 2 is 1.76 bits per heavy atom. The zero-order chi connectivity index (χ0) is 13.6. The summed E-state index contributed by atoms with van der Waals surface area (Å²) in [5.41, 5.74) is 5.83. The minimum absolute atomic E-state index is 0.0683. The summed E-state index contributed by atoms with van der Waals surface area (Å²) in [6, 6.07) is -0.415. The van der Waals surface area contributed by atoms with E-state index in [2.05, 4.69) is 4.90 Å². The molecule has 0 bridgehead atoms. The molecule has 102 valence electrons. The number of carbonyl (C=O) groups is 1. The van der Waals surface area contributed by atoms with Gasteiger partial charge >= 0.3 is 0 Å². The molecule has 0 aromatic rings. The Morgan fingerprint density at radius 1 is 1.24 bits per heavy atom. The monoisotopic (exact) mass is 243 g/mol. The number of likely N-dealkylation sites (N-methyl/N-ethyl adjacent to an activating group) is 1. The van der Waals surface area contributed by atoms with Crippen LogP contribution in [0.1, 0.15) is 34.1 Å². The van der Waals surface area contributed by atoms with Gasteiger partial charge in [-0.15, -0.1) is 0 Å². The van der Waals surface area contributed by atoms with Crippen LogP contribution in [-0.4, -0.2) is 55.5 Å². The number of amides is 1. The van der Waals surface area contributed by atoms with Gasteiger partial charge in [0.15, 0.2) is 0 Å². The molecule has 0 unspecified atom stereocenters. The summed E-state index contributed by atoms with van der Waals surface area (Å²) in [5.74, 6) is 0.0683. The van der Waals surface area contributed by atoms with Gasteiger partial charge in [-0.3, -0.25) is 4.79 Å². The lowest BCUT2D eigenvalue weighted by Gasteiger charge is -2.31. The fourth-order valence-electron chi connectivity index (χ4n) is 1.57. The third kappa shape index (κ3) is 6.03. The number of nitrogens with two attached hydrogens (primary N) is 1. The molecule has 0 aliphatic carbocycles. The lowest BCUT2D eigenvalue weighted by atomic mass is 9.86. The molecule has 0 saturated carbocycles. The van der Waals surface area contributed by atoms with Gasteiger partial charge in [-0.1, -0.05) is 20.8 Å². The van der Waals surface area contributed by atoms with Crippen molar-refractivity contribution in [2.45, 2.75) is 40.2 Å². The zero-order valence-electron chi connectivity index (χ0n) is 12.3. The summed E-state index contributed by atoms with van der Waals surface area (Å²) in [5, 5.41) is 0. The summed E-state index contributed by atoms with van der Waals surface area (Å²) in [7, 11) is 4.08. The van der Waals surface area contributed by atoms with Crippen molar-refractivity contribution < 1.29 is 4.79 Å². The lowest BCUT2D eigenvalue weighted by Crippen LogP contribution is -2.50. The fourth-order valence-corrected chi connectivity index (χ4v) is 1.57. The molecule has 0 saturated heterocycles. The molecule has 1 amide bonds. The van der Waals surface area contributed by atoms with Crippen molar-refractivity contribution in [2.75, 3.05) is 33.7 Å². The van der Waals surface area contributed by atoms with Gasteiger partial charge in [0, 0.05) is 13.1 Å². The maximum absolute atomic E-state index is 12.2. The minimum Gasteiger partial charge on any atom is -0.342 e. The molecule has 2 N–H and O–H groups in total. The Hall–Kier alpha value is -0.610. The van der Waals surface area contributed by atoms with Crippen molar-refractivity contribution in [1.29, 1.82) is 0 Å². The first-order valence-corrected chi connectivity index (χ1v) is 6.39. The molecule has 0 rings (SSSR count). The van der Waals surface area contributed by atoms with E-state index < -0.39 is 6.04 Å². The smallest absolute Gasteiger partial charge is 0.240 e. The van der Waals surface area contributed by atoms with E-state index in [0.29, 0.717) is 0 Å². The fraction of sp³-hybridized carbons (Fsp3) is 0.923. The minimum atomic E-state index is -0.415. The van der Waals surface area contributed by atoms with E-state index in [-0.39, 0.29) is 11.3 Å². The van der Waals surface area contributed by atoms with Gasteiger partial charge < -0.3 is 15.5 Å². The third-order valence-corrected chi connectivity index (χ3v) is 2.93. The first kappa shape index (κ1) is 16.4. The van der Waals surface area contributed by atoms with Crippen LogP contribution in [-0.2, 0) is 4.79 Å².